The first kappa shape index (κ1) is 10.3. The first-order valence-electron chi connectivity index (χ1n) is 2.78. The molecule has 0 radical (unpaired) electrons. The van der Waals surface area contributed by atoms with Crippen LogP contribution in [0.3, 0.4) is 0 Å². The molecular weight excluding hydrogens is 267 g/mol. The minimum Gasteiger partial charge on any atom is -0.298 e. The van der Waals surface area contributed by atoms with Gasteiger partial charge in [-0.3, -0.25) is 4.79 Å². The van der Waals surface area contributed by atoms with Crippen LogP contribution < -0.4 is 0 Å². The van der Waals surface area contributed by atoms with Gasteiger partial charge in [-0.1, -0.05) is 29.5 Å². The van der Waals surface area contributed by atoms with E-state index in [0.29, 0.717) is 0 Å². The highest BCUT2D eigenvalue weighted by Crippen LogP contribution is 2.11. The third-order valence-corrected chi connectivity index (χ3v) is 6.01. The van der Waals surface area contributed by atoms with Gasteiger partial charge in [0.1, 0.15) is 0 Å². The van der Waals surface area contributed by atoms with Crippen molar-refractivity contribution in [2.45, 2.75) is 17.1 Å². The van der Waals surface area contributed by atoms with E-state index in [1.807, 2.05) is 0 Å². The van der Waals surface area contributed by atoms with Crippen LogP contribution in [0.5, 0.6) is 0 Å². The van der Waals surface area contributed by atoms with Crippen molar-refractivity contribution in [3.63, 3.8) is 0 Å². The Kier molecular flexibility index (Phi) is 3.79. The Morgan fingerprint density at radius 1 is 1.60 bits per heavy atom. The molecule has 0 rings (SSSR count). The Balaban J connectivity index is 4.51. The Bertz CT molecular complexity index is 219. The molecule has 0 aliphatic carbocycles. The summed E-state index contributed by atoms with van der Waals surface area (Å²) in [5.74, 6) is -0.275. The molecule has 3 nitrogen and oxygen atoms in total. The van der Waals surface area contributed by atoms with Crippen LogP contribution in [-0.4, -0.2) is 23.2 Å². The fourth-order valence-electron chi connectivity index (χ4n) is 0.399. The zero-order valence-electron chi connectivity index (χ0n) is 5.80. The smallest absolute Gasteiger partial charge is 0.170 e. The summed E-state index contributed by atoms with van der Waals surface area (Å²) < 4.78 is 21.0. The van der Waals surface area contributed by atoms with Crippen molar-refractivity contribution in [2.75, 3.05) is 5.75 Å². The van der Waals surface area contributed by atoms with Crippen LogP contribution in [0.1, 0.15) is 13.8 Å². The molecule has 0 bridgehead atoms. The summed E-state index contributed by atoms with van der Waals surface area (Å²) in [5.41, 5.74) is 0. The maximum Gasteiger partial charge on any atom is 0.170 e. The van der Waals surface area contributed by atoms with Crippen molar-refractivity contribution in [1.82, 2.24) is 0 Å². The molecule has 1 atom stereocenters. The molecule has 0 unspecified atom stereocenters. The highest BCUT2D eigenvalue weighted by molar-refractivity contribution is 14.1. The topological polar surface area (TPSA) is 51.2 Å². The second kappa shape index (κ2) is 3.66. The van der Waals surface area contributed by atoms with Crippen LogP contribution in [0.2, 0.25) is 0 Å². The SMILES string of the molecule is CCS(=O)(=O)[C@H](I)C(C)=O. The number of carbonyl (C=O) groups excluding carboxylic acids is 1. The zero-order chi connectivity index (χ0) is 8.36. The first-order chi connectivity index (χ1) is 4.41. The highest BCUT2D eigenvalue weighted by atomic mass is 127. The van der Waals surface area contributed by atoms with Gasteiger partial charge in [-0.25, -0.2) is 8.42 Å². The normalized spacial score (nSPS) is 14.7. The van der Waals surface area contributed by atoms with Crippen LogP contribution in [0.4, 0.5) is 0 Å². The molecule has 0 spiro atoms. The molecule has 0 aliphatic rings. The Morgan fingerprint density at radius 3 is 2.10 bits per heavy atom. The lowest BCUT2D eigenvalue weighted by Crippen LogP contribution is -2.23. The number of sulfone groups is 1. The van der Waals surface area contributed by atoms with Gasteiger partial charge < -0.3 is 0 Å². The van der Waals surface area contributed by atoms with Gasteiger partial charge in [0.05, 0.1) is 0 Å². The molecule has 0 saturated carbocycles. The summed E-state index contributed by atoms with van der Waals surface area (Å²) in [6, 6.07) is 0. The molecule has 60 valence electrons. The number of hydrogen-bond donors (Lipinski definition) is 0. The Morgan fingerprint density at radius 2 is 2.00 bits per heavy atom. The maximum atomic E-state index is 10.9. The van der Waals surface area contributed by atoms with Gasteiger partial charge in [-0.15, -0.1) is 0 Å². The van der Waals surface area contributed by atoms with E-state index in [9.17, 15) is 13.2 Å². The second-order valence-electron chi connectivity index (χ2n) is 1.88. The van der Waals surface area contributed by atoms with E-state index in [2.05, 4.69) is 0 Å². The van der Waals surface area contributed by atoms with Crippen molar-refractivity contribution < 1.29 is 13.2 Å². The van der Waals surface area contributed by atoms with E-state index in [1.165, 1.54) is 13.8 Å². The second-order valence-corrected chi connectivity index (χ2v) is 6.34. The number of hydrogen-bond acceptors (Lipinski definition) is 3. The van der Waals surface area contributed by atoms with Gasteiger partial charge in [-0.2, -0.15) is 0 Å². The van der Waals surface area contributed by atoms with Crippen molar-refractivity contribution in [2.24, 2.45) is 0 Å². The lowest BCUT2D eigenvalue weighted by atomic mass is 10.5. The van der Waals surface area contributed by atoms with Gasteiger partial charge in [-0.05, 0) is 6.92 Å². The third kappa shape index (κ3) is 2.53. The number of ketones is 1. The van der Waals surface area contributed by atoms with Crippen LogP contribution in [0.25, 0.3) is 0 Å². The third-order valence-electron chi connectivity index (χ3n) is 1.04. The van der Waals surface area contributed by atoms with Crippen LogP contribution in [0.15, 0.2) is 0 Å². The van der Waals surface area contributed by atoms with Crippen LogP contribution in [-0.2, 0) is 14.6 Å². The zero-order valence-corrected chi connectivity index (χ0v) is 8.77. The number of carbonyl (C=O) groups is 1. The predicted molar refractivity (Wildman–Crippen MR) is 47.9 cm³/mol. The minimum atomic E-state index is -3.16. The van der Waals surface area contributed by atoms with E-state index >= 15 is 0 Å². The summed E-state index contributed by atoms with van der Waals surface area (Å²) >= 11 is 1.64. The molecule has 0 saturated heterocycles. The van der Waals surface area contributed by atoms with Crippen LogP contribution >= 0.6 is 22.6 Å². The fraction of sp³-hybridized carbons (Fsp3) is 0.800. The minimum absolute atomic E-state index is 0.0280. The molecule has 0 aromatic heterocycles. The van der Waals surface area contributed by atoms with Gasteiger partial charge >= 0.3 is 0 Å². The summed E-state index contributed by atoms with van der Waals surface area (Å²) in [7, 11) is -3.16. The molecule has 10 heavy (non-hydrogen) atoms. The van der Waals surface area contributed by atoms with E-state index in [0.717, 1.165) is 0 Å². The number of alkyl halides is 1. The van der Waals surface area contributed by atoms with E-state index < -0.39 is 13.1 Å². The van der Waals surface area contributed by atoms with E-state index in [4.69, 9.17) is 0 Å². The van der Waals surface area contributed by atoms with Gasteiger partial charge in [0.2, 0.25) is 0 Å². The highest BCUT2D eigenvalue weighted by Gasteiger charge is 2.24. The average molecular weight is 276 g/mol. The number of halogens is 1. The summed E-state index contributed by atoms with van der Waals surface area (Å²) in [6.45, 7) is 2.81. The van der Waals surface area contributed by atoms with E-state index in [1.54, 1.807) is 22.6 Å². The van der Waals surface area contributed by atoms with Gasteiger partial charge in [0.25, 0.3) is 0 Å². The quantitative estimate of drug-likeness (QED) is 0.565. The lowest BCUT2D eigenvalue weighted by Gasteiger charge is -2.03. The summed E-state index contributed by atoms with van der Waals surface area (Å²) in [6.07, 6.45) is 0. The first-order valence-corrected chi connectivity index (χ1v) is 5.74. The van der Waals surface area contributed by atoms with Crippen molar-refractivity contribution >= 4 is 38.2 Å². The Hall–Kier alpha value is 0.350. The standard InChI is InChI=1S/C5H9IO3S/c1-3-10(8,9)5(6)4(2)7/h5H,3H2,1-2H3/t5-/m0/s1. The molecule has 5 heteroatoms. The maximum absolute atomic E-state index is 10.9. The predicted octanol–water partition coefficient (Wildman–Crippen LogP) is 0.771. The van der Waals surface area contributed by atoms with Crippen molar-refractivity contribution in [3.05, 3.63) is 0 Å². The Labute approximate surface area is 74.2 Å². The number of Topliss-reactive ketones (excluding diaryl/α,β-unsaturated/α-hetero) is 1. The monoisotopic (exact) mass is 276 g/mol. The molecule has 0 aliphatic heterocycles. The molecule has 0 fully saturated rings. The molecule has 0 N–H and O–H groups in total. The van der Waals surface area contributed by atoms with Crippen molar-refractivity contribution in [1.29, 1.82) is 0 Å². The van der Waals surface area contributed by atoms with Crippen molar-refractivity contribution in [3.8, 4) is 0 Å². The summed E-state index contributed by atoms with van der Waals surface area (Å²) in [5, 5.41) is 0. The summed E-state index contributed by atoms with van der Waals surface area (Å²) in [4.78, 5) is 10.6. The van der Waals surface area contributed by atoms with Gasteiger partial charge in [0.15, 0.2) is 18.9 Å². The molecule has 0 aromatic carbocycles. The average Bonchev–Trinajstić information content (AvgIpc) is 1.86. The van der Waals surface area contributed by atoms with E-state index in [-0.39, 0.29) is 11.5 Å². The van der Waals surface area contributed by atoms with Gasteiger partial charge in [0, 0.05) is 5.75 Å². The fourth-order valence-corrected chi connectivity index (χ4v) is 2.28. The largest absolute Gasteiger partial charge is 0.298 e. The molecular formula is C5H9IO3S. The molecule has 0 aromatic rings. The van der Waals surface area contributed by atoms with Crippen LogP contribution in [0, 0.1) is 0 Å². The number of rotatable bonds is 3. The molecule has 0 amide bonds. The lowest BCUT2D eigenvalue weighted by molar-refractivity contribution is -0.115. The molecule has 0 heterocycles.